The molecule has 34 heavy (non-hydrogen) atoms. The number of likely N-dealkylation sites (tertiary alicyclic amines) is 1. The van der Waals surface area contributed by atoms with E-state index in [9.17, 15) is 14.4 Å². The molecule has 1 saturated heterocycles. The van der Waals surface area contributed by atoms with Crippen molar-refractivity contribution >= 4 is 29.1 Å². The zero-order chi connectivity index (χ0) is 24.1. The van der Waals surface area contributed by atoms with Gasteiger partial charge < -0.3 is 21.3 Å². The van der Waals surface area contributed by atoms with Crippen molar-refractivity contribution in [3.63, 3.8) is 0 Å². The van der Waals surface area contributed by atoms with E-state index in [2.05, 4.69) is 27.8 Å². The maximum Gasteiger partial charge on any atom is 0.267 e. The van der Waals surface area contributed by atoms with E-state index >= 15 is 0 Å². The molecule has 2 heterocycles. The zero-order valence-corrected chi connectivity index (χ0v) is 19.0. The van der Waals surface area contributed by atoms with E-state index in [1.54, 1.807) is 4.90 Å². The van der Waals surface area contributed by atoms with Crippen LogP contribution in [0.1, 0.15) is 49.1 Å². The topological polar surface area (TPSA) is 141 Å². The molecule has 2 fully saturated rings. The number of carbonyl (C=O) groups excluding carboxylic acids is 3. The lowest BCUT2D eigenvalue weighted by Crippen LogP contribution is -2.49. The van der Waals surface area contributed by atoms with Crippen molar-refractivity contribution in [3.8, 4) is 0 Å². The minimum Gasteiger partial charge on any atom is -0.374 e. The van der Waals surface area contributed by atoms with Gasteiger partial charge in [-0.3, -0.25) is 24.8 Å². The predicted octanol–water partition coefficient (Wildman–Crippen LogP) is 1.79. The summed E-state index contributed by atoms with van der Waals surface area (Å²) in [6, 6.07) is 11.5. The minimum atomic E-state index is -0.863. The Bertz CT molecular complexity index is 1070. The van der Waals surface area contributed by atoms with Gasteiger partial charge in [0.05, 0.1) is 18.4 Å². The summed E-state index contributed by atoms with van der Waals surface area (Å²) in [5, 5.41) is 14.0. The molecule has 1 aliphatic carbocycles. The number of pyridine rings is 1. The Kier molecular flexibility index (Phi) is 7.20. The Hall–Kier alpha value is -3.75. The van der Waals surface area contributed by atoms with Crippen LogP contribution in [0.5, 0.6) is 0 Å². The number of rotatable bonds is 8. The molecule has 0 spiro atoms. The van der Waals surface area contributed by atoms with Crippen LogP contribution in [-0.2, 0) is 14.4 Å². The van der Waals surface area contributed by atoms with Crippen molar-refractivity contribution in [3.05, 3.63) is 59.9 Å². The fourth-order valence-corrected chi connectivity index (χ4v) is 4.93. The predicted molar refractivity (Wildman–Crippen MR) is 128 cm³/mol. The van der Waals surface area contributed by atoms with E-state index < -0.39 is 11.9 Å². The molecule has 9 nitrogen and oxygen atoms in total. The van der Waals surface area contributed by atoms with Gasteiger partial charge in [-0.2, -0.15) is 0 Å². The normalized spacial score (nSPS) is 21.8. The SMILES string of the molecule is N=C(C(N)=O)c1ccncc1NCC(=O)N1CCCC1C(=O)NC1CC[C@H](c2ccccc2)C1. The third-order valence-electron chi connectivity index (χ3n) is 6.69. The Morgan fingerprint density at radius 1 is 1.12 bits per heavy atom. The molecule has 178 valence electrons. The number of anilines is 1. The van der Waals surface area contributed by atoms with E-state index in [4.69, 9.17) is 11.1 Å². The van der Waals surface area contributed by atoms with E-state index in [0.29, 0.717) is 24.6 Å². The maximum atomic E-state index is 13.0. The molecule has 2 aromatic rings. The molecule has 1 aromatic heterocycles. The lowest BCUT2D eigenvalue weighted by Gasteiger charge is -2.26. The molecule has 3 amide bonds. The summed E-state index contributed by atoms with van der Waals surface area (Å²) in [6.45, 7) is 0.445. The molecule has 1 aliphatic heterocycles. The van der Waals surface area contributed by atoms with Crippen LogP contribution in [0.2, 0.25) is 0 Å². The highest BCUT2D eigenvalue weighted by atomic mass is 16.2. The second-order valence-corrected chi connectivity index (χ2v) is 8.89. The molecule has 2 aliphatic rings. The van der Waals surface area contributed by atoms with Crippen molar-refractivity contribution < 1.29 is 14.4 Å². The number of hydrogen-bond donors (Lipinski definition) is 4. The summed E-state index contributed by atoms with van der Waals surface area (Å²) < 4.78 is 0. The first-order chi connectivity index (χ1) is 16.4. The summed E-state index contributed by atoms with van der Waals surface area (Å²) in [5.74, 6) is -0.725. The molecule has 5 N–H and O–H groups in total. The van der Waals surface area contributed by atoms with E-state index in [0.717, 1.165) is 25.7 Å². The number of benzene rings is 1. The first kappa shape index (κ1) is 23.4. The van der Waals surface area contributed by atoms with Crippen molar-refractivity contribution in [2.45, 2.75) is 50.1 Å². The average Bonchev–Trinajstić information content (AvgIpc) is 3.53. The van der Waals surface area contributed by atoms with Crippen LogP contribution in [-0.4, -0.2) is 58.5 Å². The van der Waals surface area contributed by atoms with Crippen molar-refractivity contribution in [2.75, 3.05) is 18.4 Å². The summed E-state index contributed by atoms with van der Waals surface area (Å²) in [4.78, 5) is 43.0. The lowest BCUT2D eigenvalue weighted by molar-refractivity contribution is -0.137. The van der Waals surface area contributed by atoms with Gasteiger partial charge in [0.15, 0.2) is 0 Å². The van der Waals surface area contributed by atoms with Crippen LogP contribution < -0.4 is 16.4 Å². The minimum absolute atomic E-state index is 0.0754. The highest BCUT2D eigenvalue weighted by molar-refractivity contribution is 6.44. The average molecular weight is 463 g/mol. The highest BCUT2D eigenvalue weighted by Crippen LogP contribution is 2.34. The van der Waals surface area contributed by atoms with Crippen LogP contribution in [0.25, 0.3) is 0 Å². The van der Waals surface area contributed by atoms with Gasteiger partial charge >= 0.3 is 0 Å². The highest BCUT2D eigenvalue weighted by Gasteiger charge is 2.36. The fourth-order valence-electron chi connectivity index (χ4n) is 4.93. The lowest BCUT2D eigenvalue weighted by atomic mass is 9.97. The fraction of sp³-hybridized carbons (Fsp3) is 0.400. The Balaban J connectivity index is 1.33. The number of nitrogens with two attached hydrogens (primary N) is 1. The third-order valence-corrected chi connectivity index (χ3v) is 6.69. The van der Waals surface area contributed by atoms with Crippen LogP contribution in [0.4, 0.5) is 5.69 Å². The first-order valence-corrected chi connectivity index (χ1v) is 11.7. The summed E-state index contributed by atoms with van der Waals surface area (Å²) in [7, 11) is 0. The molecule has 0 bridgehead atoms. The Morgan fingerprint density at radius 3 is 2.68 bits per heavy atom. The van der Waals surface area contributed by atoms with Gasteiger partial charge in [-0.05, 0) is 49.7 Å². The number of amides is 3. The van der Waals surface area contributed by atoms with Gasteiger partial charge in [-0.15, -0.1) is 0 Å². The van der Waals surface area contributed by atoms with E-state index in [1.165, 1.54) is 24.0 Å². The van der Waals surface area contributed by atoms with Crippen molar-refractivity contribution in [1.29, 1.82) is 5.41 Å². The van der Waals surface area contributed by atoms with Gasteiger partial charge in [0.2, 0.25) is 11.8 Å². The zero-order valence-electron chi connectivity index (χ0n) is 19.0. The first-order valence-electron chi connectivity index (χ1n) is 11.7. The molecule has 9 heteroatoms. The molecule has 1 saturated carbocycles. The summed E-state index contributed by atoms with van der Waals surface area (Å²) in [5.41, 5.74) is 6.82. The third kappa shape index (κ3) is 5.24. The molecule has 3 atom stereocenters. The standard InChI is InChI=1S/C25H30N6O3/c26-23(24(27)33)19-10-11-28-14-20(19)29-15-22(32)31-12-4-7-21(31)25(34)30-18-9-8-17(13-18)16-5-2-1-3-6-16/h1-3,5-6,10-11,14,17-18,21,26,29H,4,7-9,12-13,15H2,(H2,27,33)(H,30,34)/t17-,18?,21?/m0/s1. The number of nitrogens with one attached hydrogen (secondary N) is 3. The van der Waals surface area contributed by atoms with Gasteiger partial charge in [-0.1, -0.05) is 30.3 Å². The van der Waals surface area contributed by atoms with Crippen molar-refractivity contribution in [2.24, 2.45) is 5.73 Å². The van der Waals surface area contributed by atoms with Crippen LogP contribution >= 0.6 is 0 Å². The quantitative estimate of drug-likeness (QED) is 0.443. The van der Waals surface area contributed by atoms with Crippen molar-refractivity contribution in [1.82, 2.24) is 15.2 Å². The number of hydrogen-bond acceptors (Lipinski definition) is 6. The number of nitrogens with zero attached hydrogens (tertiary/aromatic N) is 2. The number of aromatic nitrogens is 1. The number of primary amides is 1. The molecule has 0 radical (unpaired) electrons. The van der Waals surface area contributed by atoms with Crippen LogP contribution in [0.3, 0.4) is 0 Å². The number of carbonyl (C=O) groups is 3. The Labute approximate surface area is 198 Å². The smallest absolute Gasteiger partial charge is 0.267 e. The largest absolute Gasteiger partial charge is 0.374 e. The molecule has 2 unspecified atom stereocenters. The van der Waals surface area contributed by atoms with Gasteiger partial charge in [0, 0.05) is 24.3 Å². The summed E-state index contributed by atoms with van der Waals surface area (Å²) >= 11 is 0. The second-order valence-electron chi connectivity index (χ2n) is 8.89. The van der Waals surface area contributed by atoms with Crippen LogP contribution in [0, 0.1) is 5.41 Å². The van der Waals surface area contributed by atoms with E-state index in [-0.39, 0.29) is 35.7 Å². The summed E-state index contributed by atoms with van der Waals surface area (Å²) in [6.07, 6.45) is 7.18. The molecule has 4 rings (SSSR count). The Morgan fingerprint density at radius 2 is 1.91 bits per heavy atom. The second kappa shape index (κ2) is 10.5. The van der Waals surface area contributed by atoms with Crippen LogP contribution in [0.15, 0.2) is 48.8 Å². The van der Waals surface area contributed by atoms with Gasteiger partial charge in [-0.25, -0.2) is 0 Å². The van der Waals surface area contributed by atoms with Gasteiger partial charge in [0.25, 0.3) is 5.91 Å². The maximum absolute atomic E-state index is 13.0. The molecular weight excluding hydrogens is 432 g/mol. The monoisotopic (exact) mass is 462 g/mol. The molecular formula is C25H30N6O3. The van der Waals surface area contributed by atoms with E-state index in [1.807, 2.05) is 18.2 Å². The molecule has 1 aromatic carbocycles. The van der Waals surface area contributed by atoms with Gasteiger partial charge in [0.1, 0.15) is 11.8 Å².